The van der Waals surface area contributed by atoms with Crippen LogP contribution in [0.1, 0.15) is 17.5 Å². The molecule has 0 aliphatic heterocycles. The Morgan fingerprint density at radius 2 is 2.20 bits per heavy atom. The molecule has 0 fully saturated rings. The first-order chi connectivity index (χ1) is 7.27. The minimum Gasteiger partial charge on any atom is -0.496 e. The van der Waals surface area contributed by atoms with Crippen LogP contribution in [0.3, 0.4) is 0 Å². The Hall–Kier alpha value is -1.06. The van der Waals surface area contributed by atoms with Crippen molar-refractivity contribution in [3.63, 3.8) is 0 Å². The lowest BCUT2D eigenvalue weighted by Gasteiger charge is -2.08. The van der Waals surface area contributed by atoms with Crippen molar-refractivity contribution >= 4 is 0 Å². The maximum atomic E-state index is 8.62. The van der Waals surface area contributed by atoms with Crippen molar-refractivity contribution in [2.75, 3.05) is 20.3 Å². The van der Waals surface area contributed by atoms with E-state index in [9.17, 15) is 0 Å². The molecule has 3 nitrogen and oxygen atoms in total. The van der Waals surface area contributed by atoms with Gasteiger partial charge < -0.3 is 15.2 Å². The smallest absolute Gasteiger partial charge is 0.121 e. The van der Waals surface area contributed by atoms with E-state index >= 15 is 0 Å². The van der Waals surface area contributed by atoms with Crippen molar-refractivity contribution in [2.45, 2.75) is 19.9 Å². The summed E-state index contributed by atoms with van der Waals surface area (Å²) >= 11 is 0. The van der Waals surface area contributed by atoms with Gasteiger partial charge in [0.1, 0.15) is 5.75 Å². The van der Waals surface area contributed by atoms with Gasteiger partial charge in [0, 0.05) is 13.2 Å². The predicted octanol–water partition coefficient (Wildman–Crippen LogP) is 1.48. The number of aryl methyl sites for hydroxylation is 1. The van der Waals surface area contributed by atoms with Crippen LogP contribution in [0, 0.1) is 6.92 Å². The Labute approximate surface area is 91.1 Å². The van der Waals surface area contributed by atoms with E-state index < -0.39 is 0 Å². The molecule has 0 saturated heterocycles. The summed E-state index contributed by atoms with van der Waals surface area (Å²) in [6, 6.07) is 6.15. The van der Waals surface area contributed by atoms with E-state index in [1.54, 1.807) is 7.11 Å². The first-order valence-corrected chi connectivity index (χ1v) is 5.23. The zero-order valence-corrected chi connectivity index (χ0v) is 9.42. The molecule has 84 valence electrons. The number of methoxy groups -OCH3 is 1. The average molecular weight is 209 g/mol. The molecule has 0 aliphatic carbocycles. The van der Waals surface area contributed by atoms with Gasteiger partial charge in [-0.1, -0.05) is 12.1 Å². The van der Waals surface area contributed by atoms with Crippen LogP contribution in [0.5, 0.6) is 5.75 Å². The Bertz CT molecular complexity index is 300. The van der Waals surface area contributed by atoms with Crippen LogP contribution in [0.25, 0.3) is 0 Å². The standard InChI is InChI=1S/C12H19NO2/c1-10-8-11(4-5-12(10)15-2)9-13-6-3-7-14/h4-5,8,13-14H,3,6-7,9H2,1-2H3. The molecule has 3 heteroatoms. The highest BCUT2D eigenvalue weighted by molar-refractivity contribution is 5.36. The Balaban J connectivity index is 2.45. The first-order valence-electron chi connectivity index (χ1n) is 5.23. The lowest BCUT2D eigenvalue weighted by molar-refractivity contribution is 0.286. The van der Waals surface area contributed by atoms with Crippen LogP contribution in [0.4, 0.5) is 0 Å². The van der Waals surface area contributed by atoms with Crippen molar-refractivity contribution < 1.29 is 9.84 Å². The summed E-state index contributed by atoms with van der Waals surface area (Å²) in [4.78, 5) is 0. The third-order valence-electron chi connectivity index (χ3n) is 2.30. The molecule has 0 aromatic heterocycles. The molecule has 1 aromatic rings. The number of ether oxygens (including phenoxy) is 1. The van der Waals surface area contributed by atoms with Gasteiger partial charge in [-0.05, 0) is 37.1 Å². The number of aliphatic hydroxyl groups is 1. The Kier molecular flexibility index (Phi) is 5.15. The van der Waals surface area contributed by atoms with Gasteiger partial charge in [-0.15, -0.1) is 0 Å². The van der Waals surface area contributed by atoms with Crippen LogP contribution in [-0.2, 0) is 6.54 Å². The van der Waals surface area contributed by atoms with E-state index in [0.29, 0.717) is 0 Å². The summed E-state index contributed by atoms with van der Waals surface area (Å²) in [5.41, 5.74) is 2.39. The third kappa shape index (κ3) is 3.90. The number of hydrogen-bond donors (Lipinski definition) is 2. The summed E-state index contributed by atoms with van der Waals surface area (Å²) in [5, 5.41) is 11.9. The SMILES string of the molecule is COc1ccc(CNCCCO)cc1C. The molecule has 1 aromatic carbocycles. The largest absolute Gasteiger partial charge is 0.496 e. The summed E-state index contributed by atoms with van der Waals surface area (Å²) in [7, 11) is 1.68. The topological polar surface area (TPSA) is 41.5 Å². The van der Waals surface area contributed by atoms with Gasteiger partial charge in [-0.2, -0.15) is 0 Å². The van der Waals surface area contributed by atoms with E-state index in [1.807, 2.05) is 13.0 Å². The predicted molar refractivity (Wildman–Crippen MR) is 61.1 cm³/mol. The van der Waals surface area contributed by atoms with E-state index in [-0.39, 0.29) is 6.61 Å². The van der Waals surface area contributed by atoms with Gasteiger partial charge in [0.2, 0.25) is 0 Å². The molecule has 15 heavy (non-hydrogen) atoms. The maximum absolute atomic E-state index is 8.62. The molecular weight excluding hydrogens is 190 g/mol. The van der Waals surface area contributed by atoms with Crippen molar-refractivity contribution in [2.24, 2.45) is 0 Å². The van der Waals surface area contributed by atoms with Gasteiger partial charge in [0.05, 0.1) is 7.11 Å². The molecule has 0 heterocycles. The fourth-order valence-electron chi connectivity index (χ4n) is 1.49. The van der Waals surface area contributed by atoms with Crippen LogP contribution in [0.15, 0.2) is 18.2 Å². The fraction of sp³-hybridized carbons (Fsp3) is 0.500. The zero-order valence-electron chi connectivity index (χ0n) is 9.42. The van der Waals surface area contributed by atoms with Crippen molar-refractivity contribution in [3.8, 4) is 5.75 Å². The number of rotatable bonds is 6. The number of aliphatic hydroxyl groups excluding tert-OH is 1. The molecule has 0 unspecified atom stereocenters. The summed E-state index contributed by atoms with van der Waals surface area (Å²) in [5.74, 6) is 0.925. The average Bonchev–Trinajstić information content (AvgIpc) is 2.25. The molecule has 0 radical (unpaired) electrons. The minimum absolute atomic E-state index is 0.245. The quantitative estimate of drug-likeness (QED) is 0.697. The van der Waals surface area contributed by atoms with Gasteiger partial charge in [0.25, 0.3) is 0 Å². The second kappa shape index (κ2) is 6.43. The molecule has 0 saturated carbocycles. The van der Waals surface area contributed by atoms with E-state index in [2.05, 4.69) is 17.4 Å². The normalized spacial score (nSPS) is 10.3. The lowest BCUT2D eigenvalue weighted by atomic mass is 10.1. The Morgan fingerprint density at radius 3 is 2.80 bits per heavy atom. The molecule has 2 N–H and O–H groups in total. The van der Waals surface area contributed by atoms with E-state index in [4.69, 9.17) is 9.84 Å². The van der Waals surface area contributed by atoms with Gasteiger partial charge in [0.15, 0.2) is 0 Å². The van der Waals surface area contributed by atoms with Crippen LogP contribution in [-0.4, -0.2) is 25.4 Å². The molecule has 0 spiro atoms. The van der Waals surface area contributed by atoms with E-state index in [0.717, 1.165) is 30.8 Å². The summed E-state index contributed by atoms with van der Waals surface area (Å²) in [6.45, 7) is 3.97. The molecule has 0 aliphatic rings. The van der Waals surface area contributed by atoms with Crippen LogP contribution >= 0.6 is 0 Å². The van der Waals surface area contributed by atoms with E-state index in [1.165, 1.54) is 5.56 Å². The highest BCUT2D eigenvalue weighted by Gasteiger charge is 1.99. The van der Waals surface area contributed by atoms with Crippen molar-refractivity contribution in [1.82, 2.24) is 5.32 Å². The highest BCUT2D eigenvalue weighted by Crippen LogP contribution is 2.18. The summed E-state index contributed by atoms with van der Waals surface area (Å²) < 4.78 is 5.19. The van der Waals surface area contributed by atoms with Gasteiger partial charge in [-0.25, -0.2) is 0 Å². The zero-order chi connectivity index (χ0) is 11.1. The van der Waals surface area contributed by atoms with Gasteiger partial charge >= 0.3 is 0 Å². The van der Waals surface area contributed by atoms with Crippen LogP contribution < -0.4 is 10.1 Å². The number of benzene rings is 1. The van der Waals surface area contributed by atoms with Crippen LogP contribution in [0.2, 0.25) is 0 Å². The minimum atomic E-state index is 0.245. The highest BCUT2D eigenvalue weighted by atomic mass is 16.5. The summed E-state index contributed by atoms with van der Waals surface area (Å²) in [6.07, 6.45) is 0.801. The second-order valence-electron chi connectivity index (χ2n) is 3.56. The molecule has 0 amide bonds. The van der Waals surface area contributed by atoms with Gasteiger partial charge in [-0.3, -0.25) is 0 Å². The molecule has 0 atom stereocenters. The van der Waals surface area contributed by atoms with Crippen molar-refractivity contribution in [1.29, 1.82) is 0 Å². The molecule has 0 bridgehead atoms. The third-order valence-corrected chi connectivity index (χ3v) is 2.30. The molecule has 1 rings (SSSR count). The monoisotopic (exact) mass is 209 g/mol. The second-order valence-corrected chi connectivity index (χ2v) is 3.56. The maximum Gasteiger partial charge on any atom is 0.121 e. The number of nitrogens with one attached hydrogen (secondary N) is 1. The fourth-order valence-corrected chi connectivity index (χ4v) is 1.49. The van der Waals surface area contributed by atoms with Crippen molar-refractivity contribution in [3.05, 3.63) is 29.3 Å². The number of hydrogen-bond acceptors (Lipinski definition) is 3. The molecular formula is C12H19NO2. The first kappa shape index (κ1) is 12.0. The Morgan fingerprint density at radius 1 is 1.40 bits per heavy atom. The lowest BCUT2D eigenvalue weighted by Crippen LogP contribution is -2.15.